The first-order valence-corrected chi connectivity index (χ1v) is 8.49. The third-order valence-corrected chi connectivity index (χ3v) is 4.19. The Labute approximate surface area is 144 Å². The summed E-state index contributed by atoms with van der Waals surface area (Å²) in [6.07, 6.45) is 1.80. The summed E-state index contributed by atoms with van der Waals surface area (Å²) in [6.45, 7) is 11.1. The van der Waals surface area contributed by atoms with E-state index in [0.29, 0.717) is 13.1 Å². The molecule has 1 unspecified atom stereocenters. The quantitative estimate of drug-likeness (QED) is 0.902. The van der Waals surface area contributed by atoms with E-state index in [0.717, 1.165) is 25.3 Å². The summed E-state index contributed by atoms with van der Waals surface area (Å²) in [7, 11) is 0. The van der Waals surface area contributed by atoms with Gasteiger partial charge in [0, 0.05) is 44.3 Å². The van der Waals surface area contributed by atoms with Gasteiger partial charge in [0.25, 0.3) is 0 Å². The average Bonchev–Trinajstić information content (AvgIpc) is 2.55. The molecule has 1 fully saturated rings. The largest absolute Gasteiger partial charge is 0.344 e. The van der Waals surface area contributed by atoms with Gasteiger partial charge in [-0.1, -0.05) is 26.8 Å². The van der Waals surface area contributed by atoms with E-state index in [1.807, 2.05) is 43.9 Å². The van der Waals surface area contributed by atoms with E-state index in [4.69, 9.17) is 0 Å². The molecular weight excluding hydrogens is 304 g/mol. The fourth-order valence-electron chi connectivity index (χ4n) is 2.60. The Balaban J connectivity index is 1.81. The fourth-order valence-corrected chi connectivity index (χ4v) is 2.60. The van der Waals surface area contributed by atoms with Gasteiger partial charge in [-0.3, -0.25) is 19.5 Å². The zero-order valence-corrected chi connectivity index (χ0v) is 15.1. The van der Waals surface area contributed by atoms with Gasteiger partial charge >= 0.3 is 0 Å². The maximum Gasteiger partial charge on any atom is 0.244 e. The minimum Gasteiger partial charge on any atom is -0.344 e. The first kappa shape index (κ1) is 18.4. The number of piperazine rings is 1. The lowest BCUT2D eigenvalue weighted by Gasteiger charge is -2.36. The predicted molar refractivity (Wildman–Crippen MR) is 93.2 cm³/mol. The van der Waals surface area contributed by atoms with Crippen molar-refractivity contribution in [3.8, 4) is 0 Å². The fraction of sp³-hybridized carbons (Fsp3) is 0.611. The average molecular weight is 332 g/mol. The first-order chi connectivity index (χ1) is 11.3. The number of hydrogen-bond acceptors (Lipinski definition) is 4. The van der Waals surface area contributed by atoms with Gasteiger partial charge in [-0.05, 0) is 19.1 Å². The molecule has 1 aromatic rings. The van der Waals surface area contributed by atoms with Gasteiger partial charge in [-0.25, -0.2) is 0 Å². The van der Waals surface area contributed by atoms with Crippen LogP contribution in [0.25, 0.3) is 0 Å². The highest BCUT2D eigenvalue weighted by atomic mass is 16.2. The summed E-state index contributed by atoms with van der Waals surface area (Å²) in [5.41, 5.74) is 0.554. The number of aromatic nitrogens is 1. The lowest BCUT2D eigenvalue weighted by molar-refractivity contribution is -0.139. The lowest BCUT2D eigenvalue weighted by atomic mass is 9.95. The Morgan fingerprint density at radius 3 is 2.42 bits per heavy atom. The highest BCUT2D eigenvalue weighted by molar-refractivity contribution is 5.89. The summed E-state index contributed by atoms with van der Waals surface area (Å²) in [4.78, 5) is 33.0. The molecule has 0 spiro atoms. The Hall–Kier alpha value is -1.95. The number of carbonyl (C=O) groups is 2. The zero-order chi connectivity index (χ0) is 17.7. The highest BCUT2D eigenvalue weighted by Gasteiger charge is 2.29. The van der Waals surface area contributed by atoms with Crippen LogP contribution >= 0.6 is 0 Å². The van der Waals surface area contributed by atoms with Gasteiger partial charge in [-0.15, -0.1) is 0 Å². The van der Waals surface area contributed by atoms with E-state index >= 15 is 0 Å². The molecule has 1 aromatic heterocycles. The van der Waals surface area contributed by atoms with E-state index in [1.165, 1.54) is 0 Å². The molecular formula is C18H28N4O2. The topological polar surface area (TPSA) is 65.5 Å². The third-order valence-electron chi connectivity index (χ3n) is 4.19. The van der Waals surface area contributed by atoms with Crippen molar-refractivity contribution in [1.82, 2.24) is 20.1 Å². The van der Waals surface area contributed by atoms with Crippen molar-refractivity contribution in [3.05, 3.63) is 30.1 Å². The van der Waals surface area contributed by atoms with Crippen LogP contribution in [0.3, 0.4) is 0 Å². The molecule has 1 aliphatic rings. The molecule has 132 valence electrons. The van der Waals surface area contributed by atoms with Gasteiger partial charge < -0.3 is 10.2 Å². The minimum absolute atomic E-state index is 0.00918. The number of nitrogens with one attached hydrogen (secondary N) is 1. The standard InChI is InChI=1S/C18H28N4O2/c1-14(20-17(24)18(2,3)4)16(23)22-11-9-21(10-12-22)13-15-7-5-6-8-19-15/h5-8,14H,9-13H2,1-4H3,(H,20,24). The van der Waals surface area contributed by atoms with Crippen molar-refractivity contribution in [2.45, 2.75) is 40.3 Å². The molecule has 1 aliphatic heterocycles. The van der Waals surface area contributed by atoms with Crippen LogP contribution in [-0.4, -0.2) is 58.8 Å². The monoisotopic (exact) mass is 332 g/mol. The van der Waals surface area contributed by atoms with Crippen LogP contribution in [-0.2, 0) is 16.1 Å². The Morgan fingerprint density at radius 1 is 1.21 bits per heavy atom. The van der Waals surface area contributed by atoms with Crippen LogP contribution < -0.4 is 5.32 Å². The molecule has 0 saturated carbocycles. The molecule has 1 atom stereocenters. The molecule has 0 radical (unpaired) electrons. The SMILES string of the molecule is CC(NC(=O)C(C)(C)C)C(=O)N1CCN(Cc2ccccn2)CC1. The minimum atomic E-state index is -0.490. The third kappa shape index (κ3) is 5.03. The molecule has 0 aliphatic carbocycles. The van der Waals surface area contributed by atoms with Crippen LogP contribution in [0.5, 0.6) is 0 Å². The van der Waals surface area contributed by atoms with Gasteiger partial charge in [-0.2, -0.15) is 0 Å². The maximum atomic E-state index is 12.5. The van der Waals surface area contributed by atoms with Gasteiger partial charge in [0.2, 0.25) is 11.8 Å². The van der Waals surface area contributed by atoms with Crippen LogP contribution in [0.2, 0.25) is 0 Å². The number of amides is 2. The molecule has 6 nitrogen and oxygen atoms in total. The van der Waals surface area contributed by atoms with Gasteiger partial charge in [0.1, 0.15) is 6.04 Å². The number of nitrogens with zero attached hydrogens (tertiary/aromatic N) is 3. The molecule has 1 N–H and O–H groups in total. The van der Waals surface area contributed by atoms with Crippen LogP contribution in [0.4, 0.5) is 0 Å². The normalized spacial score (nSPS) is 17.4. The summed E-state index contributed by atoms with van der Waals surface area (Å²) in [5.74, 6) is -0.109. The molecule has 24 heavy (non-hydrogen) atoms. The Kier molecular flexibility index (Phi) is 5.94. The smallest absolute Gasteiger partial charge is 0.244 e. The molecule has 1 saturated heterocycles. The summed E-state index contributed by atoms with van der Waals surface area (Å²) < 4.78 is 0. The van der Waals surface area contributed by atoms with E-state index in [1.54, 1.807) is 13.1 Å². The van der Waals surface area contributed by atoms with E-state index in [2.05, 4.69) is 15.2 Å². The van der Waals surface area contributed by atoms with Crippen molar-refractivity contribution in [1.29, 1.82) is 0 Å². The Bertz CT molecular complexity index is 560. The molecule has 2 amide bonds. The van der Waals surface area contributed by atoms with Crippen molar-refractivity contribution < 1.29 is 9.59 Å². The van der Waals surface area contributed by atoms with Gasteiger partial charge in [0.15, 0.2) is 0 Å². The molecule has 2 rings (SSSR count). The van der Waals surface area contributed by atoms with Gasteiger partial charge in [0.05, 0.1) is 5.69 Å². The molecule has 0 bridgehead atoms. The molecule has 2 heterocycles. The number of carbonyl (C=O) groups excluding carboxylic acids is 2. The predicted octanol–water partition coefficient (Wildman–Crippen LogP) is 1.28. The first-order valence-electron chi connectivity index (χ1n) is 8.49. The van der Waals surface area contributed by atoms with E-state index in [9.17, 15) is 9.59 Å². The van der Waals surface area contributed by atoms with Crippen molar-refractivity contribution in [3.63, 3.8) is 0 Å². The van der Waals surface area contributed by atoms with E-state index in [-0.39, 0.29) is 11.8 Å². The Morgan fingerprint density at radius 2 is 1.88 bits per heavy atom. The molecule has 6 heteroatoms. The second-order valence-electron chi connectivity index (χ2n) is 7.37. The number of rotatable bonds is 4. The van der Waals surface area contributed by atoms with Crippen LogP contribution in [0.15, 0.2) is 24.4 Å². The van der Waals surface area contributed by atoms with Crippen molar-refractivity contribution >= 4 is 11.8 Å². The second kappa shape index (κ2) is 7.75. The van der Waals surface area contributed by atoms with Crippen molar-refractivity contribution in [2.24, 2.45) is 5.41 Å². The zero-order valence-electron chi connectivity index (χ0n) is 15.1. The van der Waals surface area contributed by atoms with E-state index < -0.39 is 11.5 Å². The summed E-state index contributed by atoms with van der Waals surface area (Å²) in [6, 6.07) is 5.43. The van der Waals surface area contributed by atoms with Crippen LogP contribution in [0.1, 0.15) is 33.4 Å². The summed E-state index contributed by atoms with van der Waals surface area (Å²) >= 11 is 0. The van der Waals surface area contributed by atoms with Crippen molar-refractivity contribution in [2.75, 3.05) is 26.2 Å². The maximum absolute atomic E-state index is 12.5. The number of hydrogen-bond donors (Lipinski definition) is 1. The lowest BCUT2D eigenvalue weighted by Crippen LogP contribution is -2.55. The van der Waals surface area contributed by atoms with Crippen LogP contribution in [0, 0.1) is 5.41 Å². The second-order valence-corrected chi connectivity index (χ2v) is 7.37. The number of pyridine rings is 1. The molecule has 0 aromatic carbocycles. The highest BCUT2D eigenvalue weighted by Crippen LogP contribution is 2.13. The summed E-state index contributed by atoms with van der Waals surface area (Å²) in [5, 5.41) is 2.81.